The summed E-state index contributed by atoms with van der Waals surface area (Å²) in [4.78, 5) is 24.5. The zero-order valence-electron chi connectivity index (χ0n) is 15.6. The Bertz CT molecular complexity index is 439. The van der Waals surface area contributed by atoms with Crippen LogP contribution < -0.4 is 0 Å². The molecule has 0 aromatic rings. The lowest BCUT2D eigenvalue weighted by atomic mass is 10.2. The van der Waals surface area contributed by atoms with E-state index in [0.29, 0.717) is 19.4 Å². The Morgan fingerprint density at radius 1 is 1.17 bits per heavy atom. The van der Waals surface area contributed by atoms with Crippen molar-refractivity contribution in [1.82, 2.24) is 4.90 Å². The molecule has 6 nitrogen and oxygen atoms in total. The van der Waals surface area contributed by atoms with Crippen molar-refractivity contribution in [2.24, 2.45) is 0 Å². The van der Waals surface area contributed by atoms with Gasteiger partial charge in [-0.2, -0.15) is 0 Å². The molecule has 0 N–H and O–H groups in total. The first-order valence-electron chi connectivity index (χ1n) is 8.03. The summed E-state index contributed by atoms with van der Waals surface area (Å²) < 4.78 is 16.8. The maximum atomic E-state index is 12.3. The first-order valence-corrected chi connectivity index (χ1v) is 10.9. The van der Waals surface area contributed by atoms with Gasteiger partial charge in [0.25, 0.3) is 6.47 Å². The number of carbonyl (C=O) groups excluding carboxylic acids is 2. The van der Waals surface area contributed by atoms with Crippen molar-refractivity contribution in [2.75, 3.05) is 6.54 Å². The Balaban J connectivity index is 2.82. The number of carbonyl (C=O) groups is 2. The molecule has 134 valence electrons. The number of amides is 1. The molecule has 7 heteroatoms. The third-order valence-electron chi connectivity index (χ3n) is 4.32. The van der Waals surface area contributed by atoms with Gasteiger partial charge >= 0.3 is 6.09 Å². The molecular weight excluding hydrogens is 314 g/mol. The summed E-state index contributed by atoms with van der Waals surface area (Å²) in [5.74, 6) is 0. The van der Waals surface area contributed by atoms with Crippen molar-refractivity contribution in [3.8, 4) is 0 Å². The van der Waals surface area contributed by atoms with E-state index in [1.807, 2.05) is 0 Å². The molecule has 23 heavy (non-hydrogen) atoms. The number of likely N-dealkylation sites (tertiary alicyclic amines) is 1. The first kappa shape index (κ1) is 20.0. The van der Waals surface area contributed by atoms with Crippen LogP contribution in [0.25, 0.3) is 0 Å². The van der Waals surface area contributed by atoms with E-state index in [1.165, 1.54) is 4.90 Å². The van der Waals surface area contributed by atoms with E-state index >= 15 is 0 Å². The maximum absolute atomic E-state index is 12.3. The van der Waals surface area contributed by atoms with Gasteiger partial charge in [0.1, 0.15) is 5.60 Å². The highest BCUT2D eigenvalue weighted by Crippen LogP contribution is 2.39. The third kappa shape index (κ3) is 5.49. The molecule has 0 aromatic heterocycles. The van der Waals surface area contributed by atoms with Crippen LogP contribution in [0.3, 0.4) is 0 Å². The minimum absolute atomic E-state index is 0.0767. The van der Waals surface area contributed by atoms with Crippen molar-refractivity contribution >= 4 is 20.9 Å². The van der Waals surface area contributed by atoms with Gasteiger partial charge in [0.2, 0.25) is 0 Å². The van der Waals surface area contributed by atoms with Crippen molar-refractivity contribution in [1.29, 1.82) is 0 Å². The highest BCUT2D eigenvalue weighted by atomic mass is 28.4. The third-order valence-corrected chi connectivity index (χ3v) is 8.86. The fourth-order valence-electron chi connectivity index (χ4n) is 2.15. The molecule has 1 rings (SSSR count). The van der Waals surface area contributed by atoms with Crippen molar-refractivity contribution in [2.45, 2.75) is 84.0 Å². The summed E-state index contributed by atoms with van der Waals surface area (Å²) in [5, 5.41) is 0.0767. The standard InChI is InChI=1S/C16H31NO5Si/c1-15(2,3)21-14(19)17-10-12(9-13(17)20-11-18)22-23(7,8)16(4,5)6/h11-13H,9-10H2,1-8H3/t12-,13+/m0/s1. The molecule has 0 spiro atoms. The fraction of sp³-hybridized carbons (Fsp3) is 0.875. The predicted molar refractivity (Wildman–Crippen MR) is 90.6 cm³/mol. The lowest BCUT2D eigenvalue weighted by Gasteiger charge is -2.38. The molecule has 1 saturated heterocycles. The van der Waals surface area contributed by atoms with Crippen LogP contribution in [0.4, 0.5) is 4.79 Å². The Kier molecular flexibility index (Phi) is 5.91. The molecule has 0 radical (unpaired) electrons. The van der Waals surface area contributed by atoms with E-state index in [-0.39, 0.29) is 11.1 Å². The summed E-state index contributed by atoms with van der Waals surface area (Å²) in [6.45, 7) is 17.0. The number of hydrogen-bond acceptors (Lipinski definition) is 5. The molecule has 1 amide bonds. The number of hydrogen-bond donors (Lipinski definition) is 0. The van der Waals surface area contributed by atoms with E-state index in [9.17, 15) is 9.59 Å². The van der Waals surface area contributed by atoms with E-state index in [1.54, 1.807) is 20.8 Å². The quantitative estimate of drug-likeness (QED) is 0.576. The second kappa shape index (κ2) is 6.81. The topological polar surface area (TPSA) is 65.1 Å². The normalized spacial score (nSPS) is 22.9. The summed E-state index contributed by atoms with van der Waals surface area (Å²) in [5.41, 5.74) is -0.596. The summed E-state index contributed by atoms with van der Waals surface area (Å²) in [6, 6.07) is 0. The van der Waals surface area contributed by atoms with E-state index in [4.69, 9.17) is 13.9 Å². The zero-order valence-corrected chi connectivity index (χ0v) is 16.6. The minimum atomic E-state index is -1.96. The van der Waals surface area contributed by atoms with Gasteiger partial charge in [-0.05, 0) is 38.9 Å². The maximum Gasteiger partial charge on any atom is 0.413 e. The smallest absolute Gasteiger partial charge is 0.413 e. The second-order valence-corrected chi connectivity index (χ2v) is 13.3. The fourth-order valence-corrected chi connectivity index (χ4v) is 3.51. The molecule has 1 heterocycles. The molecular formula is C16H31NO5Si. The van der Waals surface area contributed by atoms with Gasteiger partial charge in [-0.1, -0.05) is 20.8 Å². The van der Waals surface area contributed by atoms with E-state index in [2.05, 4.69) is 33.9 Å². The average molecular weight is 346 g/mol. The molecule has 0 bridgehead atoms. The SMILES string of the molecule is CC(C)(C)OC(=O)N1C[C@@H](O[Si](C)(C)C(C)(C)C)C[C@H]1OC=O. The Labute approximate surface area is 140 Å². The van der Waals surface area contributed by atoms with E-state index in [0.717, 1.165) is 0 Å². The number of nitrogens with zero attached hydrogens (tertiary/aromatic N) is 1. The second-order valence-electron chi connectivity index (χ2n) is 8.56. The Morgan fingerprint density at radius 3 is 2.17 bits per heavy atom. The summed E-state index contributed by atoms with van der Waals surface area (Å²) >= 11 is 0. The van der Waals surface area contributed by atoms with Crippen LogP contribution in [-0.2, 0) is 18.7 Å². The lowest BCUT2D eigenvalue weighted by Crippen LogP contribution is -2.45. The summed E-state index contributed by atoms with van der Waals surface area (Å²) in [7, 11) is -1.96. The molecule has 0 aliphatic carbocycles. The zero-order chi connectivity index (χ0) is 18.1. The number of ether oxygens (including phenoxy) is 2. The minimum Gasteiger partial charge on any atom is -0.444 e. The molecule has 0 unspecified atom stereocenters. The van der Waals surface area contributed by atoms with Gasteiger partial charge in [0.15, 0.2) is 14.5 Å². The number of rotatable bonds is 4. The van der Waals surface area contributed by atoms with Crippen LogP contribution in [0.5, 0.6) is 0 Å². The summed E-state index contributed by atoms with van der Waals surface area (Å²) in [6.07, 6.45) is -0.777. The van der Waals surface area contributed by atoms with Gasteiger partial charge in [-0.3, -0.25) is 9.69 Å². The van der Waals surface area contributed by atoms with Gasteiger partial charge in [-0.25, -0.2) is 4.79 Å². The van der Waals surface area contributed by atoms with Crippen LogP contribution in [-0.4, -0.2) is 50.3 Å². The van der Waals surface area contributed by atoms with Crippen LogP contribution in [0.1, 0.15) is 48.0 Å². The molecule has 0 aromatic carbocycles. The predicted octanol–water partition coefficient (Wildman–Crippen LogP) is 3.52. The van der Waals surface area contributed by atoms with Gasteiger partial charge in [0, 0.05) is 6.42 Å². The molecule has 1 fully saturated rings. The van der Waals surface area contributed by atoms with Crippen LogP contribution >= 0.6 is 0 Å². The van der Waals surface area contributed by atoms with Crippen LogP contribution in [0.2, 0.25) is 18.1 Å². The largest absolute Gasteiger partial charge is 0.444 e. The van der Waals surface area contributed by atoms with Crippen molar-refractivity contribution in [3.05, 3.63) is 0 Å². The Hall–Kier alpha value is -1.08. The monoisotopic (exact) mass is 345 g/mol. The van der Waals surface area contributed by atoms with Crippen LogP contribution in [0, 0.1) is 0 Å². The van der Waals surface area contributed by atoms with Crippen LogP contribution in [0.15, 0.2) is 0 Å². The highest BCUT2D eigenvalue weighted by Gasteiger charge is 2.45. The van der Waals surface area contributed by atoms with E-state index < -0.39 is 26.2 Å². The molecule has 1 aliphatic rings. The lowest BCUT2D eigenvalue weighted by molar-refractivity contribution is -0.139. The highest BCUT2D eigenvalue weighted by molar-refractivity contribution is 6.74. The van der Waals surface area contributed by atoms with Crippen molar-refractivity contribution in [3.63, 3.8) is 0 Å². The molecule has 0 saturated carbocycles. The average Bonchev–Trinajstić information content (AvgIpc) is 2.68. The van der Waals surface area contributed by atoms with Gasteiger partial charge in [-0.15, -0.1) is 0 Å². The Morgan fingerprint density at radius 2 is 1.74 bits per heavy atom. The molecule has 2 atom stereocenters. The van der Waals surface area contributed by atoms with Crippen molar-refractivity contribution < 1.29 is 23.5 Å². The van der Waals surface area contributed by atoms with Gasteiger partial charge < -0.3 is 13.9 Å². The first-order chi connectivity index (χ1) is 10.3. The molecule has 1 aliphatic heterocycles. The van der Waals surface area contributed by atoms with Gasteiger partial charge in [0.05, 0.1) is 12.6 Å².